The van der Waals surface area contributed by atoms with Crippen molar-refractivity contribution in [3.63, 3.8) is 0 Å². The standard InChI is InChI=1S/C29H35N3O5S/c1-21-15-16-27(37-4)25(17-21)32(38(5,35)36)20-28(33)31(19-24-14-10-9-11-22(24)2)26(29(34)30-3)18-23-12-7-6-8-13-23/h6-17,26H,18-20H2,1-5H3,(H,30,34)/t26-/m0/s1. The number of ether oxygens (including phenoxy) is 1. The third-order valence-electron chi connectivity index (χ3n) is 6.40. The molecule has 0 radical (unpaired) electrons. The molecule has 1 atom stereocenters. The summed E-state index contributed by atoms with van der Waals surface area (Å²) in [6.45, 7) is 3.41. The van der Waals surface area contributed by atoms with Crippen molar-refractivity contribution in [2.45, 2.75) is 32.9 Å². The molecule has 9 heteroatoms. The van der Waals surface area contributed by atoms with Crippen molar-refractivity contribution in [3.8, 4) is 5.75 Å². The van der Waals surface area contributed by atoms with Gasteiger partial charge in [0.15, 0.2) is 0 Å². The van der Waals surface area contributed by atoms with Gasteiger partial charge >= 0.3 is 0 Å². The van der Waals surface area contributed by atoms with Gasteiger partial charge in [0.1, 0.15) is 18.3 Å². The highest BCUT2D eigenvalue weighted by molar-refractivity contribution is 7.92. The van der Waals surface area contributed by atoms with E-state index >= 15 is 0 Å². The van der Waals surface area contributed by atoms with Gasteiger partial charge in [-0.15, -0.1) is 0 Å². The number of carbonyl (C=O) groups excluding carboxylic acids is 2. The Morgan fingerprint density at radius 3 is 2.24 bits per heavy atom. The molecule has 202 valence electrons. The Labute approximate surface area is 225 Å². The molecular weight excluding hydrogens is 502 g/mol. The van der Waals surface area contributed by atoms with Crippen LogP contribution in [0.2, 0.25) is 0 Å². The summed E-state index contributed by atoms with van der Waals surface area (Å²) in [7, 11) is -0.910. The van der Waals surface area contributed by atoms with Crippen LogP contribution in [0.15, 0.2) is 72.8 Å². The summed E-state index contributed by atoms with van der Waals surface area (Å²) in [6, 6.07) is 21.3. The third kappa shape index (κ3) is 7.13. The Morgan fingerprint density at radius 2 is 1.63 bits per heavy atom. The second-order valence-electron chi connectivity index (χ2n) is 9.21. The molecule has 0 bridgehead atoms. The number of nitrogens with one attached hydrogen (secondary N) is 1. The van der Waals surface area contributed by atoms with E-state index in [0.29, 0.717) is 5.75 Å². The van der Waals surface area contributed by atoms with E-state index in [0.717, 1.165) is 32.8 Å². The number of anilines is 1. The van der Waals surface area contributed by atoms with Crippen LogP contribution in [-0.4, -0.2) is 58.1 Å². The fraction of sp³-hybridized carbons (Fsp3) is 0.310. The highest BCUT2D eigenvalue weighted by Gasteiger charge is 2.33. The van der Waals surface area contributed by atoms with E-state index in [1.807, 2.05) is 68.4 Å². The first-order chi connectivity index (χ1) is 18.0. The van der Waals surface area contributed by atoms with Crippen LogP contribution in [-0.2, 0) is 32.6 Å². The molecule has 0 unspecified atom stereocenters. The smallest absolute Gasteiger partial charge is 0.244 e. The average Bonchev–Trinajstić information content (AvgIpc) is 2.89. The number of carbonyl (C=O) groups is 2. The Bertz CT molecular complexity index is 1380. The van der Waals surface area contributed by atoms with E-state index in [-0.39, 0.29) is 24.6 Å². The predicted octanol–water partition coefficient (Wildman–Crippen LogP) is 3.46. The second-order valence-corrected chi connectivity index (χ2v) is 11.1. The van der Waals surface area contributed by atoms with Crippen LogP contribution in [0, 0.1) is 13.8 Å². The molecule has 0 aliphatic heterocycles. The van der Waals surface area contributed by atoms with Gasteiger partial charge in [-0.1, -0.05) is 60.7 Å². The number of hydrogen-bond acceptors (Lipinski definition) is 5. The number of rotatable bonds is 11. The Morgan fingerprint density at radius 1 is 0.974 bits per heavy atom. The summed E-state index contributed by atoms with van der Waals surface area (Å²) >= 11 is 0. The van der Waals surface area contributed by atoms with Gasteiger partial charge < -0.3 is 15.0 Å². The van der Waals surface area contributed by atoms with Crippen molar-refractivity contribution in [3.05, 3.63) is 95.1 Å². The maximum absolute atomic E-state index is 14.0. The van der Waals surface area contributed by atoms with Gasteiger partial charge in [-0.2, -0.15) is 0 Å². The highest BCUT2D eigenvalue weighted by Crippen LogP contribution is 2.31. The normalized spacial score (nSPS) is 11.9. The van der Waals surface area contributed by atoms with Gasteiger partial charge in [0.2, 0.25) is 21.8 Å². The highest BCUT2D eigenvalue weighted by atomic mass is 32.2. The van der Waals surface area contributed by atoms with E-state index < -0.39 is 28.5 Å². The topological polar surface area (TPSA) is 96.0 Å². The van der Waals surface area contributed by atoms with Crippen molar-refractivity contribution in [2.24, 2.45) is 0 Å². The lowest BCUT2D eigenvalue weighted by Gasteiger charge is -2.33. The molecule has 38 heavy (non-hydrogen) atoms. The van der Waals surface area contributed by atoms with Gasteiger partial charge in [0.05, 0.1) is 19.1 Å². The maximum atomic E-state index is 14.0. The molecule has 3 aromatic carbocycles. The van der Waals surface area contributed by atoms with Crippen molar-refractivity contribution >= 4 is 27.5 Å². The van der Waals surface area contributed by atoms with Gasteiger partial charge in [0, 0.05) is 20.0 Å². The van der Waals surface area contributed by atoms with Gasteiger partial charge in [-0.25, -0.2) is 8.42 Å². The zero-order valence-electron chi connectivity index (χ0n) is 22.5. The third-order valence-corrected chi connectivity index (χ3v) is 7.53. The van der Waals surface area contributed by atoms with E-state index in [2.05, 4.69) is 5.32 Å². The Kier molecular flexibility index (Phi) is 9.52. The summed E-state index contributed by atoms with van der Waals surface area (Å²) in [5, 5.41) is 2.68. The van der Waals surface area contributed by atoms with E-state index in [4.69, 9.17) is 4.74 Å². The number of amides is 2. The Balaban J connectivity index is 2.08. The number of nitrogens with zero attached hydrogens (tertiary/aromatic N) is 2. The molecule has 0 aliphatic carbocycles. The van der Waals surface area contributed by atoms with Crippen LogP contribution < -0.4 is 14.4 Å². The molecule has 3 aromatic rings. The number of aryl methyl sites for hydroxylation is 2. The molecule has 0 saturated carbocycles. The zero-order valence-corrected chi connectivity index (χ0v) is 23.3. The van der Waals surface area contributed by atoms with E-state index in [9.17, 15) is 18.0 Å². The SMILES string of the molecule is CNC(=O)[C@H](Cc1ccccc1)N(Cc1ccccc1C)C(=O)CN(c1cc(C)ccc1OC)S(C)(=O)=O. The lowest BCUT2D eigenvalue weighted by atomic mass is 10.0. The van der Waals surface area contributed by atoms with E-state index in [1.165, 1.54) is 19.1 Å². The van der Waals surface area contributed by atoms with Crippen LogP contribution in [0.3, 0.4) is 0 Å². The van der Waals surface area contributed by atoms with Crippen molar-refractivity contribution in [1.82, 2.24) is 10.2 Å². The van der Waals surface area contributed by atoms with Crippen molar-refractivity contribution in [2.75, 3.05) is 31.3 Å². The Hall–Kier alpha value is -3.85. The summed E-state index contributed by atoms with van der Waals surface area (Å²) in [5.41, 5.74) is 3.77. The molecule has 2 amide bonds. The van der Waals surface area contributed by atoms with Crippen LogP contribution >= 0.6 is 0 Å². The summed E-state index contributed by atoms with van der Waals surface area (Å²) in [5.74, 6) is -0.520. The van der Waals surface area contributed by atoms with Crippen LogP contribution in [0.25, 0.3) is 0 Å². The molecule has 0 aliphatic rings. The first kappa shape index (κ1) is 28.7. The molecule has 3 rings (SSSR count). The second kappa shape index (κ2) is 12.6. The number of likely N-dealkylation sites (N-methyl/N-ethyl adjacent to an activating group) is 1. The summed E-state index contributed by atoms with van der Waals surface area (Å²) in [4.78, 5) is 28.7. The molecule has 0 heterocycles. The molecule has 0 aromatic heterocycles. The van der Waals surface area contributed by atoms with Crippen LogP contribution in [0.1, 0.15) is 22.3 Å². The number of sulfonamides is 1. The molecule has 8 nitrogen and oxygen atoms in total. The van der Waals surface area contributed by atoms with Gasteiger partial charge in [0.25, 0.3) is 0 Å². The minimum absolute atomic E-state index is 0.138. The van der Waals surface area contributed by atoms with E-state index in [1.54, 1.807) is 18.2 Å². The van der Waals surface area contributed by atoms with Gasteiger partial charge in [-0.05, 0) is 48.2 Å². The molecule has 0 fully saturated rings. The van der Waals surface area contributed by atoms with Crippen LogP contribution in [0.4, 0.5) is 5.69 Å². The maximum Gasteiger partial charge on any atom is 0.244 e. The van der Waals surface area contributed by atoms with Crippen molar-refractivity contribution in [1.29, 1.82) is 0 Å². The first-order valence-electron chi connectivity index (χ1n) is 12.3. The summed E-state index contributed by atoms with van der Waals surface area (Å²) in [6.07, 6.45) is 1.32. The number of benzene rings is 3. The lowest BCUT2D eigenvalue weighted by Crippen LogP contribution is -2.53. The molecule has 0 spiro atoms. The number of methoxy groups -OCH3 is 1. The minimum atomic E-state index is -3.88. The lowest BCUT2D eigenvalue weighted by molar-refractivity contribution is -0.139. The zero-order chi connectivity index (χ0) is 27.9. The largest absolute Gasteiger partial charge is 0.495 e. The average molecular weight is 538 g/mol. The fourth-order valence-corrected chi connectivity index (χ4v) is 5.13. The monoisotopic (exact) mass is 537 g/mol. The fourth-order valence-electron chi connectivity index (χ4n) is 4.28. The minimum Gasteiger partial charge on any atom is -0.495 e. The summed E-state index contributed by atoms with van der Waals surface area (Å²) < 4.78 is 32.4. The molecule has 1 N–H and O–H groups in total. The van der Waals surface area contributed by atoms with Gasteiger partial charge in [-0.3, -0.25) is 13.9 Å². The first-order valence-corrected chi connectivity index (χ1v) is 14.1. The number of hydrogen-bond donors (Lipinski definition) is 1. The van der Waals surface area contributed by atoms with Crippen molar-refractivity contribution < 1.29 is 22.7 Å². The predicted molar refractivity (Wildman–Crippen MR) is 150 cm³/mol. The molecular formula is C29H35N3O5S. The van der Waals surface area contributed by atoms with Crippen LogP contribution in [0.5, 0.6) is 5.75 Å². The molecule has 0 saturated heterocycles. The quantitative estimate of drug-likeness (QED) is 0.404.